The molecule has 5 heterocycles. The molecule has 14 rings (SSSR count). The van der Waals surface area contributed by atoms with Gasteiger partial charge in [-0.2, -0.15) is 0 Å². The number of nitrogens with zero attached hydrogens (tertiary/aromatic N) is 5. The summed E-state index contributed by atoms with van der Waals surface area (Å²) in [6, 6.07) is 55.9. The molecule has 0 radical (unpaired) electrons. The molecule has 4 aromatic heterocycles. The highest BCUT2D eigenvalue weighted by atomic mass is 15.2. The Morgan fingerprint density at radius 3 is 1.90 bits per heavy atom. The lowest BCUT2D eigenvalue weighted by molar-refractivity contribution is 0.648. The second-order valence-corrected chi connectivity index (χ2v) is 19.3. The second-order valence-electron chi connectivity index (χ2n) is 19.3. The number of hydrogen-bond acceptors (Lipinski definition) is 2. The summed E-state index contributed by atoms with van der Waals surface area (Å²) in [5.41, 5.74) is 17.0. The molecule has 346 valence electrons. The Morgan fingerprint density at radius 1 is 0.611 bits per heavy atom. The van der Waals surface area contributed by atoms with Crippen LogP contribution in [0.4, 0.5) is 0 Å². The van der Waals surface area contributed by atoms with E-state index in [1.54, 1.807) is 0 Å². The Kier molecular flexibility index (Phi) is 9.88. The number of benzene rings is 7. The number of nitrogens with one attached hydrogen (secondary N) is 1. The van der Waals surface area contributed by atoms with Crippen molar-refractivity contribution in [2.24, 2.45) is 4.99 Å². The van der Waals surface area contributed by atoms with Crippen LogP contribution in [0.5, 0.6) is 0 Å². The first-order chi connectivity index (χ1) is 35.7. The van der Waals surface area contributed by atoms with Crippen LogP contribution < -0.4 is 5.32 Å². The van der Waals surface area contributed by atoms with Crippen LogP contribution in [0.25, 0.3) is 98.5 Å². The molecule has 72 heavy (non-hydrogen) atoms. The molecule has 11 aromatic rings. The minimum Gasteiger partial charge on any atom is -0.334 e. The quantitative estimate of drug-likeness (QED) is 0.152. The molecule has 0 spiro atoms. The summed E-state index contributed by atoms with van der Waals surface area (Å²) in [5, 5.41) is 14.0. The average Bonchev–Trinajstić information content (AvgIpc) is 4.17. The lowest BCUT2D eigenvalue weighted by Crippen LogP contribution is -2.36. The third-order valence-electron chi connectivity index (χ3n) is 15.5. The minimum atomic E-state index is 0.175. The van der Waals surface area contributed by atoms with Gasteiger partial charge in [0.25, 0.3) is 0 Å². The van der Waals surface area contributed by atoms with Crippen molar-refractivity contribution in [1.29, 1.82) is 0 Å². The normalized spacial score (nSPS) is 16.7. The van der Waals surface area contributed by atoms with Crippen LogP contribution in [-0.4, -0.2) is 30.8 Å². The van der Waals surface area contributed by atoms with E-state index in [1.165, 1.54) is 104 Å². The third kappa shape index (κ3) is 6.38. The van der Waals surface area contributed by atoms with E-state index in [2.05, 4.69) is 237 Å². The molecule has 3 aliphatic rings. The van der Waals surface area contributed by atoms with Gasteiger partial charge in [0.2, 0.25) is 5.96 Å². The fourth-order valence-electron chi connectivity index (χ4n) is 12.3. The Labute approximate surface area is 417 Å². The Bertz CT molecular complexity index is 4350. The molecule has 0 saturated carbocycles. The van der Waals surface area contributed by atoms with Gasteiger partial charge in [0, 0.05) is 72.1 Å². The highest BCUT2D eigenvalue weighted by molar-refractivity contribution is 6.26. The molecule has 7 aromatic carbocycles. The number of rotatable bonds is 8. The SMILES string of the molecule is C=C/C=C\C(=C/C)n1c2ccccc2c2ccc3c4ccccc4n(CC4=C(C5=CC=C(c6ccccc6)CC5)NC(n5c6ccccc6c6ccc7c8ccccc8n(C8C=CC=CC8)c7c65)=NC4)c3c21. The van der Waals surface area contributed by atoms with Crippen LogP contribution in [0.1, 0.15) is 37.8 Å². The highest BCUT2D eigenvalue weighted by Crippen LogP contribution is 2.44. The van der Waals surface area contributed by atoms with Gasteiger partial charge >= 0.3 is 0 Å². The first kappa shape index (κ1) is 42.0. The fourth-order valence-corrected chi connectivity index (χ4v) is 12.3. The lowest BCUT2D eigenvalue weighted by atomic mass is 9.90. The minimum absolute atomic E-state index is 0.175. The summed E-state index contributed by atoms with van der Waals surface area (Å²) in [4.78, 5) is 5.68. The maximum atomic E-state index is 5.68. The molecule has 0 amide bonds. The highest BCUT2D eigenvalue weighted by Gasteiger charge is 2.29. The standard InChI is InChI=1S/C66H52N6/c1-3-5-22-47(4-2)70-58-30-17-13-26-50(58)54-38-37-53-49-25-12-16-29-57(49)69(62(53)63(54)70)42-46-41-67-66(68-61(46)45-35-33-44(34-36-45)43-20-8-6-9-21-43)72-60-32-19-15-28-52(60)56-40-39-55-51-27-14-18-31-59(51)71(64(55)65(56)72)48-23-10-7-11-24-48/h3-23,25-33,35,37-40,48H,1,24,34,36,41-42H2,2H3,(H,67,68)/b22-5-,47-4+. The van der Waals surface area contributed by atoms with E-state index in [1.807, 2.05) is 12.2 Å². The first-order valence-electron chi connectivity index (χ1n) is 25.3. The molecule has 0 bridgehead atoms. The molecule has 6 nitrogen and oxygen atoms in total. The summed E-state index contributed by atoms with van der Waals surface area (Å²) in [6.07, 6.45) is 24.8. The van der Waals surface area contributed by atoms with E-state index in [-0.39, 0.29) is 6.04 Å². The Hall–Kier alpha value is -8.87. The van der Waals surface area contributed by atoms with Crippen molar-refractivity contribution in [2.45, 2.75) is 38.8 Å². The number of fused-ring (bicyclic) bond motifs is 14. The third-order valence-corrected chi connectivity index (χ3v) is 15.5. The van der Waals surface area contributed by atoms with E-state index in [9.17, 15) is 0 Å². The molecule has 1 unspecified atom stereocenters. The maximum Gasteiger partial charge on any atom is 0.208 e. The molecule has 0 fully saturated rings. The monoisotopic (exact) mass is 928 g/mol. The largest absolute Gasteiger partial charge is 0.334 e. The Balaban J connectivity index is 1.01. The number of para-hydroxylation sites is 4. The van der Waals surface area contributed by atoms with Crippen LogP contribution in [0, 0.1) is 0 Å². The van der Waals surface area contributed by atoms with E-state index in [0.717, 1.165) is 42.1 Å². The van der Waals surface area contributed by atoms with E-state index in [4.69, 9.17) is 4.99 Å². The summed E-state index contributed by atoms with van der Waals surface area (Å²) in [7, 11) is 0. The van der Waals surface area contributed by atoms with Gasteiger partial charge in [-0.1, -0.05) is 189 Å². The maximum absolute atomic E-state index is 5.68. The van der Waals surface area contributed by atoms with E-state index < -0.39 is 0 Å². The van der Waals surface area contributed by atoms with Gasteiger partial charge < -0.3 is 19.0 Å². The van der Waals surface area contributed by atoms with Crippen LogP contribution in [0.2, 0.25) is 0 Å². The van der Waals surface area contributed by atoms with Crippen molar-refractivity contribution < 1.29 is 0 Å². The van der Waals surface area contributed by atoms with Crippen molar-refractivity contribution in [2.75, 3.05) is 6.54 Å². The summed E-state index contributed by atoms with van der Waals surface area (Å²) in [5.74, 6) is 0.846. The number of hydrogen-bond donors (Lipinski definition) is 1. The van der Waals surface area contributed by atoms with Gasteiger partial charge in [-0.3, -0.25) is 4.57 Å². The van der Waals surface area contributed by atoms with Crippen LogP contribution in [0.15, 0.2) is 241 Å². The van der Waals surface area contributed by atoms with Gasteiger partial charge in [-0.25, -0.2) is 4.99 Å². The zero-order valence-electron chi connectivity index (χ0n) is 40.3. The zero-order chi connectivity index (χ0) is 47.9. The van der Waals surface area contributed by atoms with Crippen molar-refractivity contribution in [3.63, 3.8) is 0 Å². The smallest absolute Gasteiger partial charge is 0.208 e. The second kappa shape index (κ2) is 16.9. The molecular weight excluding hydrogens is 877 g/mol. The molecule has 1 N–H and O–H groups in total. The van der Waals surface area contributed by atoms with E-state index in [0.29, 0.717) is 13.1 Å². The molecule has 2 aliphatic carbocycles. The van der Waals surface area contributed by atoms with Crippen molar-refractivity contribution in [1.82, 2.24) is 23.6 Å². The predicted molar refractivity (Wildman–Crippen MR) is 306 cm³/mol. The van der Waals surface area contributed by atoms with Crippen molar-refractivity contribution >= 4 is 104 Å². The lowest BCUT2D eigenvalue weighted by Gasteiger charge is -2.28. The molecule has 0 saturated heterocycles. The number of aliphatic imine (C=N–C) groups is 1. The van der Waals surface area contributed by atoms with Crippen LogP contribution in [0.3, 0.4) is 0 Å². The van der Waals surface area contributed by atoms with Gasteiger partial charge in [-0.15, -0.1) is 0 Å². The summed E-state index contributed by atoms with van der Waals surface area (Å²) in [6.45, 7) is 7.33. The van der Waals surface area contributed by atoms with Crippen LogP contribution in [-0.2, 0) is 6.54 Å². The van der Waals surface area contributed by atoms with Gasteiger partial charge in [-0.05, 0) is 78.8 Å². The molecule has 6 heteroatoms. The Morgan fingerprint density at radius 2 is 1.21 bits per heavy atom. The van der Waals surface area contributed by atoms with E-state index >= 15 is 0 Å². The van der Waals surface area contributed by atoms with Gasteiger partial charge in [0.1, 0.15) is 0 Å². The van der Waals surface area contributed by atoms with Crippen molar-refractivity contribution in [3.05, 3.63) is 241 Å². The number of aromatic nitrogens is 4. The van der Waals surface area contributed by atoms with Crippen LogP contribution >= 0.6 is 0 Å². The first-order valence-corrected chi connectivity index (χ1v) is 25.3. The number of allylic oxidation sites excluding steroid dienone is 13. The molecular formula is C66H52N6. The van der Waals surface area contributed by atoms with Gasteiger partial charge in [0.05, 0.1) is 45.7 Å². The fraction of sp³-hybridized carbons (Fsp3) is 0.106. The predicted octanol–water partition coefficient (Wildman–Crippen LogP) is 16.3. The topological polar surface area (TPSA) is 44.1 Å². The van der Waals surface area contributed by atoms with Gasteiger partial charge in [0.15, 0.2) is 0 Å². The summed E-state index contributed by atoms with van der Waals surface area (Å²) >= 11 is 0. The molecule has 1 atom stereocenters. The average molecular weight is 929 g/mol. The zero-order valence-corrected chi connectivity index (χ0v) is 40.3. The van der Waals surface area contributed by atoms with Crippen molar-refractivity contribution in [3.8, 4) is 0 Å². The summed E-state index contributed by atoms with van der Waals surface area (Å²) < 4.78 is 10.1. The molecule has 1 aliphatic heterocycles.